The summed E-state index contributed by atoms with van der Waals surface area (Å²) in [6, 6.07) is 9.95. The maximum absolute atomic E-state index is 11.6. The smallest absolute Gasteiger partial charge is 0.329 e. The minimum atomic E-state index is -2.04. The molecule has 2 aromatic heterocycles. The first-order chi connectivity index (χ1) is 19.3. The number of carbonyl (C=O) groups is 1. The van der Waals surface area contributed by atoms with Crippen LogP contribution in [0, 0.1) is 11.3 Å². The minimum absolute atomic E-state index is 0.0568. The lowest BCUT2D eigenvalue weighted by Gasteiger charge is -2.39. The quantitative estimate of drug-likeness (QED) is 0.221. The molecule has 0 spiro atoms. The van der Waals surface area contributed by atoms with Crippen LogP contribution in [-0.2, 0) is 14.6 Å². The third-order valence-electron chi connectivity index (χ3n) is 8.53. The van der Waals surface area contributed by atoms with Crippen LogP contribution in [0.5, 0.6) is 0 Å². The molecule has 211 valence electrons. The molecule has 0 saturated heterocycles. The van der Waals surface area contributed by atoms with E-state index in [0.29, 0.717) is 41.3 Å². The van der Waals surface area contributed by atoms with Crippen LogP contribution in [0.3, 0.4) is 0 Å². The van der Waals surface area contributed by atoms with Crippen molar-refractivity contribution in [2.45, 2.75) is 70.0 Å². The molecule has 0 unspecified atom stereocenters. The highest BCUT2D eigenvalue weighted by atomic mass is 35.5. The Hall–Kier alpha value is -3.26. The van der Waals surface area contributed by atoms with Crippen molar-refractivity contribution in [2.24, 2.45) is 0 Å². The summed E-state index contributed by atoms with van der Waals surface area (Å²) in [7, 11) is -0.544. The van der Waals surface area contributed by atoms with Crippen molar-refractivity contribution in [3.8, 4) is 17.3 Å². The van der Waals surface area contributed by atoms with Crippen LogP contribution in [-0.4, -0.2) is 50.0 Å². The van der Waals surface area contributed by atoms with Crippen LogP contribution in [0.25, 0.3) is 11.3 Å². The summed E-state index contributed by atoms with van der Waals surface area (Å²) < 4.78 is 6.69. The molecule has 1 N–H and O–H groups in total. The molecule has 0 amide bonds. The second-order valence-corrected chi connectivity index (χ2v) is 18.1. The number of fused-ring (bicyclic) bond motifs is 1. The SMILES string of the molecule is CC(C)(C)[Si](C)(C)OC[C@@]1(C)CN([B]C=O)c2c(C#N)cc(-c3ccnc(Nc4cc(Cl)cnc4C4CC4)n3)cc21. The lowest BCUT2D eigenvalue weighted by atomic mass is 9.83. The first-order valence-electron chi connectivity index (χ1n) is 13.9. The molecule has 3 aromatic rings. The van der Waals surface area contributed by atoms with Crippen molar-refractivity contribution in [2.75, 3.05) is 23.3 Å². The van der Waals surface area contributed by atoms with E-state index < -0.39 is 13.7 Å². The van der Waals surface area contributed by atoms with Crippen LogP contribution >= 0.6 is 11.6 Å². The molecule has 41 heavy (non-hydrogen) atoms. The van der Waals surface area contributed by atoms with E-state index in [0.717, 1.165) is 47.2 Å². The number of nitriles is 1. The highest BCUT2D eigenvalue weighted by Crippen LogP contribution is 2.47. The normalized spacial score (nSPS) is 18.5. The maximum Gasteiger partial charge on any atom is 0.329 e. The predicted molar refractivity (Wildman–Crippen MR) is 167 cm³/mol. The zero-order valence-electron chi connectivity index (χ0n) is 24.5. The van der Waals surface area contributed by atoms with Crippen molar-refractivity contribution >= 4 is 50.8 Å². The van der Waals surface area contributed by atoms with Gasteiger partial charge in [0.2, 0.25) is 5.95 Å². The number of halogens is 1. The number of carbonyl (C=O) groups excluding carboxylic acids is 1. The fourth-order valence-electron chi connectivity index (χ4n) is 4.99. The molecule has 1 radical (unpaired) electrons. The van der Waals surface area contributed by atoms with Crippen molar-refractivity contribution in [3.63, 3.8) is 0 Å². The molecule has 1 aliphatic carbocycles. The lowest BCUT2D eigenvalue weighted by molar-refractivity contribution is 0.219. The Kier molecular flexibility index (Phi) is 7.75. The average molecular weight is 586 g/mol. The molecule has 1 aromatic carbocycles. The van der Waals surface area contributed by atoms with Crippen molar-refractivity contribution in [1.29, 1.82) is 5.26 Å². The van der Waals surface area contributed by atoms with Crippen molar-refractivity contribution in [3.05, 3.63) is 58.5 Å². The minimum Gasteiger partial charge on any atom is -0.416 e. The zero-order valence-corrected chi connectivity index (χ0v) is 26.2. The van der Waals surface area contributed by atoms with Gasteiger partial charge in [-0.3, -0.25) is 4.98 Å². The summed E-state index contributed by atoms with van der Waals surface area (Å²) in [5.74, 6) is 0.845. The number of rotatable bonds is 9. The average Bonchev–Trinajstić information content (AvgIpc) is 3.72. The van der Waals surface area contributed by atoms with Crippen molar-refractivity contribution in [1.82, 2.24) is 15.0 Å². The monoisotopic (exact) mass is 585 g/mol. The molecule has 11 heteroatoms. The Bertz CT molecular complexity index is 1530. The summed E-state index contributed by atoms with van der Waals surface area (Å²) in [6.07, 6.45) is 6.34. The predicted octanol–water partition coefficient (Wildman–Crippen LogP) is 6.59. The summed E-state index contributed by atoms with van der Waals surface area (Å²) >= 11 is 6.25. The fraction of sp³-hybridized carbons (Fsp3) is 0.433. The Morgan fingerprint density at radius 3 is 2.71 bits per heavy atom. The Labute approximate surface area is 248 Å². The lowest BCUT2D eigenvalue weighted by Crippen LogP contribution is -2.46. The van der Waals surface area contributed by atoms with Gasteiger partial charge in [0, 0.05) is 48.1 Å². The Morgan fingerprint density at radius 1 is 1.29 bits per heavy atom. The topological polar surface area (TPSA) is 104 Å². The van der Waals surface area contributed by atoms with Gasteiger partial charge in [-0.1, -0.05) is 39.3 Å². The van der Waals surface area contributed by atoms with E-state index in [1.165, 1.54) is 7.41 Å². The van der Waals surface area contributed by atoms with Crippen LogP contribution in [0.15, 0.2) is 36.7 Å². The second kappa shape index (κ2) is 10.9. The first kappa shape index (κ1) is 29.2. The standard InChI is InChI=1S/C30H35BClN6O2Si/c1-29(2,3)41(5,6)40-17-30(4)16-38(31-18-39)27-21(14-33)11-20(12-23(27)30)24-9-10-34-28(36-24)37-25-13-22(32)15-35-26(25)19-7-8-19/h9-13,15,18-19H,7-8,16-17H2,1-6H3,(H,34,36,37)/t30-/m1/s1. The van der Waals surface area contributed by atoms with Gasteiger partial charge in [0.1, 0.15) is 12.3 Å². The number of aromatic nitrogens is 3. The third kappa shape index (κ3) is 5.89. The summed E-state index contributed by atoms with van der Waals surface area (Å²) in [5, 5.41) is 14.1. The van der Waals surface area contributed by atoms with E-state index >= 15 is 0 Å². The number of nitrogens with one attached hydrogen (secondary N) is 1. The molecule has 2 aliphatic rings. The van der Waals surface area contributed by atoms with E-state index in [2.05, 4.69) is 68.2 Å². The molecular formula is C30H35BClN6O2Si. The molecule has 1 saturated carbocycles. The van der Waals surface area contributed by atoms with Crippen LogP contribution in [0.2, 0.25) is 23.2 Å². The fourth-order valence-corrected chi connectivity index (χ4v) is 6.26. The van der Waals surface area contributed by atoms with Gasteiger partial charge in [-0.2, -0.15) is 5.26 Å². The highest BCUT2D eigenvalue weighted by Gasteiger charge is 2.44. The van der Waals surface area contributed by atoms with Crippen molar-refractivity contribution < 1.29 is 9.22 Å². The number of anilines is 3. The number of nitrogens with zero attached hydrogens (tertiary/aromatic N) is 5. The Balaban J connectivity index is 1.52. The van der Waals surface area contributed by atoms with Gasteiger partial charge >= 0.3 is 7.41 Å². The maximum atomic E-state index is 11.6. The van der Waals surface area contributed by atoms with Gasteiger partial charge in [0.05, 0.1) is 27.7 Å². The molecule has 0 bridgehead atoms. The van der Waals surface area contributed by atoms with E-state index in [9.17, 15) is 10.1 Å². The molecule has 1 atom stereocenters. The molecule has 1 fully saturated rings. The molecule has 8 nitrogen and oxygen atoms in total. The van der Waals surface area contributed by atoms with Gasteiger partial charge in [0.15, 0.2) is 8.32 Å². The molecule has 5 rings (SSSR count). The van der Waals surface area contributed by atoms with E-state index in [1.54, 1.807) is 12.4 Å². The summed E-state index contributed by atoms with van der Waals surface area (Å²) in [6.45, 7) is 14.3. The molecule has 3 heterocycles. The number of pyridine rings is 1. The summed E-state index contributed by atoms with van der Waals surface area (Å²) in [5.41, 5.74) is 5.00. The van der Waals surface area contributed by atoms with E-state index in [4.69, 9.17) is 21.0 Å². The van der Waals surface area contributed by atoms with Crippen LogP contribution in [0.4, 0.5) is 17.3 Å². The second-order valence-electron chi connectivity index (χ2n) is 12.8. The Morgan fingerprint density at radius 2 is 2.05 bits per heavy atom. The zero-order chi connectivity index (χ0) is 29.6. The summed E-state index contributed by atoms with van der Waals surface area (Å²) in [4.78, 5) is 27.2. The molecule has 1 aliphatic heterocycles. The van der Waals surface area contributed by atoms with Crippen LogP contribution in [0.1, 0.15) is 63.3 Å². The third-order valence-corrected chi connectivity index (χ3v) is 13.2. The van der Waals surface area contributed by atoms with Crippen LogP contribution < -0.4 is 10.1 Å². The number of benzene rings is 1. The molecular weight excluding hydrogens is 551 g/mol. The van der Waals surface area contributed by atoms with Gasteiger partial charge in [0.25, 0.3) is 0 Å². The van der Waals surface area contributed by atoms with Gasteiger partial charge in [-0.05, 0) is 60.8 Å². The van der Waals surface area contributed by atoms with E-state index in [-0.39, 0.29) is 5.04 Å². The largest absolute Gasteiger partial charge is 0.416 e. The highest BCUT2D eigenvalue weighted by molar-refractivity contribution is 6.74. The number of hydrogen-bond donors (Lipinski definition) is 1. The van der Waals surface area contributed by atoms with E-state index in [1.807, 2.05) is 23.0 Å². The first-order valence-corrected chi connectivity index (χ1v) is 17.2. The van der Waals surface area contributed by atoms with Gasteiger partial charge in [-0.15, -0.1) is 0 Å². The number of hydrogen-bond acceptors (Lipinski definition) is 8. The van der Waals surface area contributed by atoms with Gasteiger partial charge < -0.3 is 19.3 Å². The van der Waals surface area contributed by atoms with Gasteiger partial charge in [-0.25, -0.2) is 9.97 Å².